The Morgan fingerprint density at radius 2 is 1.14 bits per heavy atom. The molecule has 10 nitrogen and oxygen atoms in total. The second kappa shape index (κ2) is 18.1. The van der Waals surface area contributed by atoms with E-state index in [9.17, 15) is 30.7 Å². The largest absolute Gasteiger partial charge is 0.367 e. The Hall–Kier alpha value is -5.92. The van der Waals surface area contributed by atoms with Gasteiger partial charge in [0.25, 0.3) is 20.2 Å². The van der Waals surface area contributed by atoms with Crippen LogP contribution in [-0.4, -0.2) is 55.1 Å². The van der Waals surface area contributed by atoms with Gasteiger partial charge in [-0.2, -0.15) is 16.8 Å². The molecule has 298 valence electrons. The maximum atomic E-state index is 12.1. The van der Waals surface area contributed by atoms with Crippen LogP contribution in [0.3, 0.4) is 0 Å². The minimum atomic E-state index is -4.32. The molecule has 0 aliphatic heterocycles. The van der Waals surface area contributed by atoms with Crippen molar-refractivity contribution in [2.75, 3.05) is 23.3 Å². The molecule has 6 rings (SSSR count). The highest BCUT2D eigenvalue weighted by Gasteiger charge is 2.18. The Labute approximate surface area is 340 Å². The van der Waals surface area contributed by atoms with Crippen LogP contribution in [0.15, 0.2) is 161 Å². The van der Waals surface area contributed by atoms with Crippen LogP contribution >= 0.6 is 0 Å². The van der Waals surface area contributed by atoms with Gasteiger partial charge in [0.15, 0.2) is 18.0 Å². The Kier molecular flexibility index (Phi) is 13.0. The third kappa shape index (κ3) is 10.3. The number of rotatable bonds is 15. The highest BCUT2D eigenvalue weighted by molar-refractivity contribution is 7.86. The minimum Gasteiger partial charge on any atom is -0.367 e. The van der Waals surface area contributed by atoms with E-state index in [-0.39, 0.29) is 15.6 Å². The normalized spacial score (nSPS) is 12.7. The highest BCUT2D eigenvalue weighted by atomic mass is 32.2. The van der Waals surface area contributed by atoms with Gasteiger partial charge in [-0.1, -0.05) is 55.5 Å². The van der Waals surface area contributed by atoms with E-state index in [1.807, 2.05) is 93.6 Å². The number of carbonyl (C=O) groups excluding carboxylic acids is 1. The Morgan fingerprint density at radius 3 is 1.64 bits per heavy atom. The molecule has 0 saturated heterocycles. The van der Waals surface area contributed by atoms with Crippen LogP contribution in [0.2, 0.25) is 0 Å². The standard InChI is InChI=1S/C46H45N3O7S2/c1-4-45(50)35-13-21-39(22-14-35)47-40-23-15-36(16-24-40)46(37-17-25-41(26-18-37)48(5-2)31-33-9-7-11-43(29-33)57(51,52)53)38-19-27-42(28-20-38)49(6-3)32-34-10-8-12-44(30-34)58(54,55)56/h7-30H,4-6,31-32H2,1-3H3,(H2,51,52,53,54,55,56)/p+1. The fourth-order valence-electron chi connectivity index (χ4n) is 6.83. The van der Waals surface area contributed by atoms with Gasteiger partial charge >= 0.3 is 0 Å². The van der Waals surface area contributed by atoms with Crippen molar-refractivity contribution in [1.29, 1.82) is 0 Å². The van der Waals surface area contributed by atoms with Gasteiger partial charge in [0.1, 0.15) is 6.54 Å². The second-order valence-electron chi connectivity index (χ2n) is 13.8. The molecule has 0 aromatic heterocycles. The van der Waals surface area contributed by atoms with Crippen LogP contribution in [0.1, 0.15) is 59.8 Å². The number of anilines is 3. The Morgan fingerprint density at radius 1 is 0.638 bits per heavy atom. The molecular weight excluding hydrogens is 771 g/mol. The van der Waals surface area contributed by atoms with Crippen molar-refractivity contribution in [3.63, 3.8) is 0 Å². The van der Waals surface area contributed by atoms with Crippen LogP contribution in [0.4, 0.5) is 17.1 Å². The molecular formula is C46H46N3O7S2+. The lowest BCUT2D eigenvalue weighted by Gasteiger charge is -2.24. The number of benzene rings is 5. The molecule has 0 radical (unpaired) electrons. The monoisotopic (exact) mass is 816 g/mol. The summed E-state index contributed by atoms with van der Waals surface area (Å²) in [5.41, 5.74) is 9.77. The number of hydrogen-bond donors (Lipinski definition) is 3. The molecule has 3 N–H and O–H groups in total. The van der Waals surface area contributed by atoms with E-state index >= 15 is 0 Å². The molecule has 0 spiro atoms. The molecule has 5 aromatic carbocycles. The molecule has 5 aromatic rings. The second-order valence-corrected chi connectivity index (χ2v) is 16.6. The number of allylic oxidation sites excluding steroid dienone is 5. The summed E-state index contributed by atoms with van der Waals surface area (Å²) < 4.78 is 68.3. The first kappa shape index (κ1) is 41.7. The highest BCUT2D eigenvalue weighted by Crippen LogP contribution is 2.33. The number of nitrogens with zero attached hydrogens (tertiary/aromatic N) is 2. The summed E-state index contributed by atoms with van der Waals surface area (Å²) >= 11 is 0. The summed E-state index contributed by atoms with van der Waals surface area (Å²) in [6.07, 6.45) is 8.68. The van der Waals surface area contributed by atoms with E-state index in [4.69, 9.17) is 0 Å². The lowest BCUT2D eigenvalue weighted by atomic mass is 9.90. The van der Waals surface area contributed by atoms with Gasteiger partial charge in [-0.25, -0.2) is 4.58 Å². The van der Waals surface area contributed by atoms with Crippen molar-refractivity contribution < 1.29 is 35.3 Å². The fraction of sp³-hybridized carbons (Fsp3) is 0.174. The topological polar surface area (TPSA) is 144 Å². The van der Waals surface area contributed by atoms with Crippen molar-refractivity contribution in [3.8, 4) is 0 Å². The molecule has 12 heteroatoms. The molecule has 0 fully saturated rings. The number of carbonyl (C=O) groups is 1. The van der Waals surface area contributed by atoms with Gasteiger partial charge in [0.05, 0.1) is 9.79 Å². The summed E-state index contributed by atoms with van der Waals surface area (Å²) in [5.74, 6) is 0.0979. The van der Waals surface area contributed by atoms with Crippen molar-refractivity contribution in [1.82, 2.24) is 0 Å². The van der Waals surface area contributed by atoms with E-state index in [1.54, 1.807) is 12.1 Å². The van der Waals surface area contributed by atoms with E-state index in [0.29, 0.717) is 38.2 Å². The van der Waals surface area contributed by atoms with Gasteiger partial charge < -0.3 is 10.2 Å². The SMILES string of the molecule is CCC(=O)c1ccc(Nc2ccc(C(=C3C=CC(=[N+](CC)Cc4cccc(S(=O)(=O)O)c4)C=C3)c3ccc(N(CC)Cc4cccc(S(=O)(=O)O)c4)cc3)cc2)cc1. The zero-order valence-electron chi connectivity index (χ0n) is 32.5. The molecule has 0 atom stereocenters. The summed E-state index contributed by atoms with van der Waals surface area (Å²) in [6, 6.07) is 36.5. The Balaban J connectivity index is 1.33. The van der Waals surface area contributed by atoms with E-state index in [1.165, 1.54) is 24.3 Å². The number of ketones is 1. The first-order valence-corrected chi connectivity index (χ1v) is 21.8. The Bertz CT molecular complexity index is 2630. The molecule has 0 amide bonds. The van der Waals surface area contributed by atoms with E-state index in [0.717, 1.165) is 56.2 Å². The average Bonchev–Trinajstić information content (AvgIpc) is 3.23. The minimum absolute atomic E-state index is 0.0979. The summed E-state index contributed by atoms with van der Waals surface area (Å²) in [6.45, 7) is 8.11. The molecule has 0 heterocycles. The van der Waals surface area contributed by atoms with Crippen molar-refractivity contribution in [3.05, 3.63) is 179 Å². The van der Waals surface area contributed by atoms with Crippen molar-refractivity contribution in [2.24, 2.45) is 0 Å². The summed E-state index contributed by atoms with van der Waals surface area (Å²) in [7, 11) is -8.64. The van der Waals surface area contributed by atoms with Gasteiger partial charge in [-0.15, -0.1) is 0 Å². The number of nitrogens with one attached hydrogen (secondary N) is 1. The van der Waals surface area contributed by atoms with Gasteiger partial charge in [-0.05, 0) is 127 Å². The number of hydrogen-bond acceptors (Lipinski definition) is 7. The quantitative estimate of drug-likeness (QED) is 0.0535. The van der Waals surface area contributed by atoms with Gasteiger partial charge in [0, 0.05) is 59.9 Å². The maximum absolute atomic E-state index is 12.1. The molecule has 0 unspecified atom stereocenters. The van der Waals surface area contributed by atoms with Crippen molar-refractivity contribution >= 4 is 54.4 Å². The lowest BCUT2D eigenvalue weighted by Crippen LogP contribution is -2.22. The first-order valence-electron chi connectivity index (χ1n) is 19.0. The van der Waals surface area contributed by atoms with E-state index in [2.05, 4.69) is 51.2 Å². The van der Waals surface area contributed by atoms with Gasteiger partial charge in [-0.3, -0.25) is 13.9 Å². The fourth-order valence-corrected chi connectivity index (χ4v) is 7.93. The van der Waals surface area contributed by atoms with Gasteiger partial charge in [0.2, 0.25) is 0 Å². The summed E-state index contributed by atoms with van der Waals surface area (Å²) in [4.78, 5) is 13.9. The zero-order valence-corrected chi connectivity index (χ0v) is 34.2. The van der Waals surface area contributed by atoms with Crippen LogP contribution in [0.25, 0.3) is 5.57 Å². The third-order valence-corrected chi connectivity index (χ3v) is 11.6. The smallest absolute Gasteiger partial charge is 0.294 e. The maximum Gasteiger partial charge on any atom is 0.294 e. The van der Waals surface area contributed by atoms with Crippen LogP contribution in [-0.2, 0) is 33.3 Å². The van der Waals surface area contributed by atoms with Crippen LogP contribution < -0.4 is 10.2 Å². The lowest BCUT2D eigenvalue weighted by molar-refractivity contribution is -0.539. The molecule has 1 aliphatic carbocycles. The summed E-state index contributed by atoms with van der Waals surface area (Å²) in [5, 5.41) is 3.42. The van der Waals surface area contributed by atoms with E-state index < -0.39 is 20.2 Å². The van der Waals surface area contributed by atoms with Crippen LogP contribution in [0.5, 0.6) is 0 Å². The number of Topliss-reactive ketones (excluding diaryl/α,β-unsaturated/α-hetero) is 1. The zero-order chi connectivity index (χ0) is 41.5. The van der Waals surface area contributed by atoms with Crippen molar-refractivity contribution in [2.45, 2.75) is 50.1 Å². The predicted molar refractivity (Wildman–Crippen MR) is 230 cm³/mol. The first-order chi connectivity index (χ1) is 27.7. The predicted octanol–water partition coefficient (Wildman–Crippen LogP) is 9.14. The van der Waals surface area contributed by atoms with Crippen LogP contribution in [0, 0.1) is 0 Å². The molecule has 1 aliphatic rings. The average molecular weight is 817 g/mol. The third-order valence-electron chi connectivity index (χ3n) is 9.94. The molecule has 0 saturated carbocycles. The molecule has 0 bridgehead atoms. The molecule has 58 heavy (non-hydrogen) atoms.